The first-order chi connectivity index (χ1) is 27.5. The Morgan fingerprint density at radius 1 is 0.491 bits per heavy atom. The molecule has 0 spiro atoms. The lowest BCUT2D eigenvalue weighted by atomic mass is 9.63. The maximum atomic E-state index is 16.0. The molecular weight excluding hydrogens is 773 g/mol. The Bertz CT molecular complexity index is 2160. The van der Waals surface area contributed by atoms with E-state index in [-0.39, 0.29) is 126 Å². The number of halogens is 4. The second kappa shape index (κ2) is 11.3. The minimum absolute atomic E-state index is 0.00632. The Labute approximate surface area is 325 Å². The molecule has 14 rings (SSSR count). The fourth-order valence-electron chi connectivity index (χ4n) is 15.6. The standard InChI is InChI=1S/C42H42F4O10S/c43-33-35(45)42(57(47,48)49)36(46)34(44)41(33)56-37-14(16-10-25-28-19-2-5-22(51-19)31(28)39(16)54-25)7-12(13-9-24-27-18-1-4-21(50-18)30(27)38(13)53-24)8-15(37)17-11-26-29-20-3-6-23(52-20)32(29)40(17)55-26/h7-8,13,16-32,38-40H,1-6,9-11H2,(H,47,48,49)/p-1. The summed E-state index contributed by atoms with van der Waals surface area (Å²) in [5.74, 6) is -9.42. The molecule has 0 radical (unpaired) electrons. The summed E-state index contributed by atoms with van der Waals surface area (Å²) < 4.78 is 144. The van der Waals surface area contributed by atoms with Gasteiger partial charge in [0, 0.05) is 64.4 Å². The van der Waals surface area contributed by atoms with Crippen LogP contribution in [0.15, 0.2) is 17.0 Å². The first-order valence-corrected chi connectivity index (χ1v) is 22.5. The Balaban J connectivity index is 0.950. The zero-order valence-corrected chi connectivity index (χ0v) is 31.5. The SMILES string of the molecule is O=S(=O)([O-])c1c(F)c(F)c(Oc2c(C3CC4OC3C3C5CCC(O5)C43)cc(C3CC4OC3C3C5CCC(O5)C43)cc2C2CC3OC2C2C4CCC(O4)C32)c(F)c1F. The van der Waals surface area contributed by atoms with E-state index in [1.54, 1.807) is 0 Å². The van der Waals surface area contributed by atoms with E-state index in [4.69, 9.17) is 33.2 Å². The molecule has 15 heteroatoms. The molecule has 304 valence electrons. The highest BCUT2D eigenvalue weighted by Crippen LogP contribution is 2.66. The van der Waals surface area contributed by atoms with Crippen LogP contribution in [0.3, 0.4) is 0 Å². The lowest BCUT2D eigenvalue weighted by Crippen LogP contribution is -2.40. The van der Waals surface area contributed by atoms with Gasteiger partial charge in [-0.3, -0.25) is 0 Å². The highest BCUT2D eigenvalue weighted by Gasteiger charge is 2.69. The number of benzene rings is 2. The Hall–Kier alpha value is -2.37. The first kappa shape index (κ1) is 34.4. The van der Waals surface area contributed by atoms with Gasteiger partial charge >= 0.3 is 0 Å². The van der Waals surface area contributed by atoms with Crippen molar-refractivity contribution in [2.24, 2.45) is 35.5 Å². The smallest absolute Gasteiger partial charge is 0.205 e. The maximum Gasteiger partial charge on any atom is 0.205 e. The van der Waals surface area contributed by atoms with Crippen molar-refractivity contribution in [1.29, 1.82) is 0 Å². The number of ether oxygens (including phenoxy) is 7. The zero-order chi connectivity index (χ0) is 38.1. The van der Waals surface area contributed by atoms with Crippen LogP contribution in [0.2, 0.25) is 0 Å². The maximum absolute atomic E-state index is 16.0. The van der Waals surface area contributed by atoms with Gasteiger partial charge in [-0.1, -0.05) is 12.1 Å². The summed E-state index contributed by atoms with van der Waals surface area (Å²) in [5.41, 5.74) is 2.27. The molecule has 12 aliphatic rings. The molecule has 0 aromatic heterocycles. The predicted molar refractivity (Wildman–Crippen MR) is 183 cm³/mol. The van der Waals surface area contributed by atoms with Crippen molar-refractivity contribution in [2.45, 2.75) is 154 Å². The van der Waals surface area contributed by atoms with Crippen LogP contribution in [0.4, 0.5) is 17.6 Å². The average molecular weight is 814 g/mol. The van der Waals surface area contributed by atoms with Crippen LogP contribution in [0.5, 0.6) is 11.5 Å². The summed E-state index contributed by atoms with van der Waals surface area (Å²) in [6.07, 6.45) is 7.81. The molecule has 0 saturated carbocycles. The van der Waals surface area contributed by atoms with E-state index in [1.165, 1.54) is 0 Å². The normalized spacial score (nSPS) is 50.9. The third-order valence-electron chi connectivity index (χ3n) is 17.3. The van der Waals surface area contributed by atoms with Crippen molar-refractivity contribution in [2.75, 3.05) is 0 Å². The van der Waals surface area contributed by atoms with Crippen LogP contribution in [-0.2, 0) is 38.5 Å². The fourth-order valence-corrected chi connectivity index (χ4v) is 16.2. The van der Waals surface area contributed by atoms with Crippen LogP contribution in [0.1, 0.15) is 92.2 Å². The van der Waals surface area contributed by atoms with Crippen LogP contribution in [0, 0.1) is 58.8 Å². The summed E-state index contributed by atoms with van der Waals surface area (Å²) in [6, 6.07) is 4.09. The predicted octanol–water partition coefficient (Wildman–Crippen LogP) is 6.08. The molecule has 12 bridgehead atoms. The minimum atomic E-state index is -5.92. The summed E-state index contributed by atoms with van der Waals surface area (Å²) >= 11 is 0. The van der Waals surface area contributed by atoms with Gasteiger partial charge in [0.15, 0.2) is 11.6 Å². The van der Waals surface area contributed by atoms with Crippen molar-refractivity contribution >= 4 is 10.1 Å². The van der Waals surface area contributed by atoms with E-state index >= 15 is 17.6 Å². The summed E-state index contributed by atoms with van der Waals surface area (Å²) in [7, 11) is -5.92. The largest absolute Gasteiger partial charge is 0.744 e. The monoisotopic (exact) mass is 813 g/mol. The van der Waals surface area contributed by atoms with Gasteiger partial charge in [-0.15, -0.1) is 0 Å². The molecule has 12 heterocycles. The highest BCUT2D eigenvalue weighted by atomic mass is 32.2. The van der Waals surface area contributed by atoms with Gasteiger partial charge in [-0.2, -0.15) is 8.78 Å². The van der Waals surface area contributed by atoms with E-state index in [1.807, 2.05) is 12.1 Å². The molecule has 2 aromatic rings. The van der Waals surface area contributed by atoms with E-state index in [0.717, 1.165) is 50.5 Å². The van der Waals surface area contributed by atoms with Gasteiger partial charge in [-0.05, 0) is 63.4 Å². The molecule has 21 unspecified atom stereocenters. The molecule has 0 amide bonds. The summed E-state index contributed by atoms with van der Waals surface area (Å²) in [4.78, 5) is -2.22. The number of hydrogen-bond acceptors (Lipinski definition) is 10. The average Bonchev–Trinajstić information content (AvgIpc) is 4.03. The lowest BCUT2D eigenvalue weighted by molar-refractivity contribution is 0.00549. The van der Waals surface area contributed by atoms with Gasteiger partial charge in [0.2, 0.25) is 17.4 Å². The summed E-state index contributed by atoms with van der Waals surface area (Å²) in [6.45, 7) is 0. The molecule has 0 N–H and O–H groups in total. The van der Waals surface area contributed by atoms with Crippen molar-refractivity contribution in [3.05, 3.63) is 52.1 Å². The number of rotatable bonds is 6. The quantitative estimate of drug-likeness (QED) is 0.193. The number of fused-ring (bicyclic) bond motifs is 27. The van der Waals surface area contributed by atoms with Crippen LogP contribution in [0.25, 0.3) is 0 Å². The molecule has 12 saturated heterocycles. The Morgan fingerprint density at radius 3 is 1.26 bits per heavy atom. The molecule has 57 heavy (non-hydrogen) atoms. The molecule has 10 nitrogen and oxygen atoms in total. The molecule has 21 atom stereocenters. The third-order valence-corrected chi connectivity index (χ3v) is 18.1. The van der Waals surface area contributed by atoms with E-state index in [2.05, 4.69) is 0 Å². The van der Waals surface area contributed by atoms with Gasteiger partial charge < -0.3 is 37.7 Å². The van der Waals surface area contributed by atoms with Gasteiger partial charge in [0.25, 0.3) is 0 Å². The zero-order valence-electron chi connectivity index (χ0n) is 30.6. The lowest BCUT2D eigenvalue weighted by Gasteiger charge is -2.38. The van der Waals surface area contributed by atoms with Gasteiger partial charge in [-0.25, -0.2) is 17.2 Å². The topological polar surface area (TPSA) is 122 Å². The Kier molecular flexibility index (Phi) is 6.81. The van der Waals surface area contributed by atoms with Crippen molar-refractivity contribution < 1.29 is 63.7 Å². The first-order valence-electron chi connectivity index (χ1n) is 21.1. The minimum Gasteiger partial charge on any atom is -0.744 e. The van der Waals surface area contributed by atoms with Crippen LogP contribution in [-0.4, -0.2) is 86.2 Å². The van der Waals surface area contributed by atoms with E-state index in [9.17, 15) is 13.0 Å². The van der Waals surface area contributed by atoms with Crippen molar-refractivity contribution in [3.8, 4) is 11.5 Å². The molecule has 0 aliphatic carbocycles. The highest BCUT2D eigenvalue weighted by molar-refractivity contribution is 7.85. The van der Waals surface area contributed by atoms with Crippen LogP contribution >= 0.6 is 0 Å². The second-order valence-electron chi connectivity index (χ2n) is 19.3. The molecule has 12 fully saturated rings. The van der Waals surface area contributed by atoms with Crippen LogP contribution < -0.4 is 4.74 Å². The second-order valence-corrected chi connectivity index (χ2v) is 20.6. The van der Waals surface area contributed by atoms with E-state index in [0.29, 0.717) is 29.9 Å². The van der Waals surface area contributed by atoms with Gasteiger partial charge in [0.1, 0.15) is 20.8 Å². The third kappa shape index (κ3) is 4.29. The Morgan fingerprint density at radius 2 is 0.860 bits per heavy atom. The van der Waals surface area contributed by atoms with Gasteiger partial charge in [0.05, 0.1) is 73.2 Å². The number of hydrogen-bond donors (Lipinski definition) is 0. The van der Waals surface area contributed by atoms with Crippen molar-refractivity contribution in [1.82, 2.24) is 0 Å². The molecule has 12 aliphatic heterocycles. The molecular formula is C42H41F4O10S-. The van der Waals surface area contributed by atoms with E-state index < -0.39 is 44.0 Å². The summed E-state index contributed by atoms with van der Waals surface area (Å²) in [5, 5.41) is 0. The van der Waals surface area contributed by atoms with Crippen molar-refractivity contribution in [3.63, 3.8) is 0 Å². The fraction of sp³-hybridized carbons (Fsp3) is 0.714. The molecule has 2 aromatic carbocycles.